The number of hydrogen-bond donors (Lipinski definition) is 1. The van der Waals surface area contributed by atoms with Gasteiger partial charge in [-0.25, -0.2) is 0 Å². The van der Waals surface area contributed by atoms with Gasteiger partial charge in [-0.1, -0.05) is 37.3 Å². The van der Waals surface area contributed by atoms with Gasteiger partial charge in [0.1, 0.15) is 4.70 Å². The molecular weight excluding hydrogens is 418 g/mol. The van der Waals surface area contributed by atoms with Crippen LogP contribution in [-0.2, 0) is 11.3 Å². The van der Waals surface area contributed by atoms with E-state index in [9.17, 15) is 9.59 Å². The van der Waals surface area contributed by atoms with Crippen LogP contribution in [0.4, 0.5) is 0 Å². The maximum Gasteiger partial charge on any atom is 0.272 e. The lowest BCUT2D eigenvalue weighted by atomic mass is 9.97. The van der Waals surface area contributed by atoms with Gasteiger partial charge in [-0.15, -0.1) is 21.5 Å². The summed E-state index contributed by atoms with van der Waals surface area (Å²) in [6, 6.07) is 1.92. The van der Waals surface area contributed by atoms with Crippen molar-refractivity contribution < 1.29 is 4.79 Å². The van der Waals surface area contributed by atoms with E-state index in [0.29, 0.717) is 34.6 Å². The average molecular weight is 446 g/mol. The fourth-order valence-electron chi connectivity index (χ4n) is 3.80. The zero-order chi connectivity index (χ0) is 21.1. The van der Waals surface area contributed by atoms with E-state index in [1.165, 1.54) is 41.5 Å². The molecule has 3 aromatic rings. The molecule has 1 aliphatic carbocycles. The van der Waals surface area contributed by atoms with Crippen LogP contribution in [0.2, 0.25) is 0 Å². The highest BCUT2D eigenvalue weighted by Gasteiger charge is 2.19. The van der Waals surface area contributed by atoms with Crippen LogP contribution in [0.5, 0.6) is 0 Å². The lowest BCUT2D eigenvalue weighted by molar-refractivity contribution is -0.118. The maximum absolute atomic E-state index is 12.9. The third-order valence-electron chi connectivity index (χ3n) is 5.22. The molecule has 0 spiro atoms. The van der Waals surface area contributed by atoms with Crippen molar-refractivity contribution in [1.82, 2.24) is 24.5 Å². The van der Waals surface area contributed by atoms with Gasteiger partial charge in [0.25, 0.3) is 5.56 Å². The summed E-state index contributed by atoms with van der Waals surface area (Å²) in [5, 5.41) is 14.1. The Morgan fingerprint density at radius 1 is 1.33 bits per heavy atom. The third kappa shape index (κ3) is 4.46. The van der Waals surface area contributed by atoms with E-state index >= 15 is 0 Å². The van der Waals surface area contributed by atoms with E-state index in [1.807, 2.05) is 15.8 Å². The molecule has 3 heterocycles. The van der Waals surface area contributed by atoms with E-state index in [4.69, 9.17) is 0 Å². The maximum atomic E-state index is 12.9. The van der Waals surface area contributed by atoms with Crippen molar-refractivity contribution >= 4 is 45.0 Å². The zero-order valence-corrected chi connectivity index (χ0v) is 19.0. The van der Waals surface area contributed by atoms with Gasteiger partial charge in [-0.05, 0) is 49.5 Å². The molecule has 1 N–H and O–H groups in total. The molecule has 1 amide bonds. The van der Waals surface area contributed by atoms with E-state index in [-0.39, 0.29) is 17.2 Å². The quantitative estimate of drug-likeness (QED) is 0.421. The average Bonchev–Trinajstić information content (AvgIpc) is 3.37. The van der Waals surface area contributed by atoms with Gasteiger partial charge in [0.2, 0.25) is 11.7 Å². The van der Waals surface area contributed by atoms with Crippen LogP contribution in [0, 0.1) is 5.92 Å². The van der Waals surface area contributed by atoms with E-state index < -0.39 is 0 Å². The van der Waals surface area contributed by atoms with Gasteiger partial charge in [-0.2, -0.15) is 0 Å². The first-order valence-corrected chi connectivity index (χ1v) is 12.3. The monoisotopic (exact) mass is 445 g/mol. The van der Waals surface area contributed by atoms with E-state index in [1.54, 1.807) is 4.57 Å². The van der Waals surface area contributed by atoms with Crippen molar-refractivity contribution in [2.45, 2.75) is 57.7 Å². The van der Waals surface area contributed by atoms with E-state index in [0.717, 1.165) is 24.8 Å². The van der Waals surface area contributed by atoms with Crippen molar-refractivity contribution in [2.24, 2.45) is 5.92 Å². The number of carbonyl (C=O) groups excluding carboxylic acids is 1. The number of thiophene rings is 1. The molecule has 0 unspecified atom stereocenters. The SMILES string of the molecule is CC(C)Cn1c(=O)c2sccc2n2c(SCC(=O)NCCC3=CCCCC3)nnc12. The summed E-state index contributed by atoms with van der Waals surface area (Å²) in [5.74, 6) is 1.10. The second-order valence-electron chi connectivity index (χ2n) is 8.06. The molecule has 0 bridgehead atoms. The number of hydrogen-bond acceptors (Lipinski definition) is 6. The van der Waals surface area contributed by atoms with Crippen molar-refractivity contribution in [1.29, 1.82) is 0 Å². The predicted molar refractivity (Wildman–Crippen MR) is 122 cm³/mol. The van der Waals surface area contributed by atoms with Crippen LogP contribution in [-0.4, -0.2) is 37.4 Å². The molecule has 7 nitrogen and oxygen atoms in total. The molecule has 0 radical (unpaired) electrons. The second kappa shape index (κ2) is 9.34. The lowest BCUT2D eigenvalue weighted by Gasteiger charge is -2.13. The Labute approximate surface area is 183 Å². The topological polar surface area (TPSA) is 81.3 Å². The first kappa shape index (κ1) is 21.1. The Hall–Kier alpha value is -2.13. The summed E-state index contributed by atoms with van der Waals surface area (Å²) in [6.07, 6.45) is 8.11. The molecular formula is C21H27N5O2S2. The standard InChI is InChI=1S/C21H27N5O2S2/c1-14(2)12-25-19(28)18-16(9-11-29-18)26-20(25)23-24-21(26)30-13-17(27)22-10-8-15-6-4-3-5-7-15/h6,9,11,14H,3-5,7-8,10,12-13H2,1-2H3,(H,22,27). The lowest BCUT2D eigenvalue weighted by Crippen LogP contribution is -2.26. The Kier molecular flexibility index (Phi) is 6.58. The third-order valence-corrected chi connectivity index (χ3v) is 7.04. The number of fused-ring (bicyclic) bond motifs is 3. The first-order valence-electron chi connectivity index (χ1n) is 10.5. The number of rotatable bonds is 8. The summed E-state index contributed by atoms with van der Waals surface area (Å²) >= 11 is 2.78. The largest absolute Gasteiger partial charge is 0.355 e. The van der Waals surface area contributed by atoms with E-state index in [2.05, 4.69) is 35.4 Å². The van der Waals surface area contributed by atoms with Gasteiger partial charge < -0.3 is 5.32 Å². The van der Waals surface area contributed by atoms with Crippen molar-refractivity contribution in [2.75, 3.05) is 12.3 Å². The molecule has 3 aromatic heterocycles. The fourth-order valence-corrected chi connectivity index (χ4v) is 5.39. The fraction of sp³-hybridized carbons (Fsp3) is 0.524. The van der Waals surface area contributed by atoms with Crippen molar-refractivity contribution in [3.8, 4) is 0 Å². The summed E-state index contributed by atoms with van der Waals surface area (Å²) in [4.78, 5) is 25.2. The number of amides is 1. The van der Waals surface area contributed by atoms with Crippen LogP contribution < -0.4 is 10.9 Å². The molecule has 0 atom stereocenters. The zero-order valence-electron chi connectivity index (χ0n) is 17.4. The summed E-state index contributed by atoms with van der Waals surface area (Å²) in [5.41, 5.74) is 2.23. The smallest absolute Gasteiger partial charge is 0.272 e. The minimum absolute atomic E-state index is 0.00905. The van der Waals surface area contributed by atoms with Crippen LogP contribution >= 0.6 is 23.1 Å². The number of thioether (sulfide) groups is 1. The van der Waals surface area contributed by atoms with Gasteiger partial charge in [0.05, 0.1) is 11.3 Å². The number of nitrogens with one attached hydrogen (secondary N) is 1. The van der Waals surface area contributed by atoms with Gasteiger partial charge >= 0.3 is 0 Å². The van der Waals surface area contributed by atoms with Crippen molar-refractivity contribution in [3.05, 3.63) is 33.4 Å². The molecule has 0 aliphatic heterocycles. The molecule has 9 heteroatoms. The van der Waals surface area contributed by atoms with Crippen LogP contribution in [0.15, 0.2) is 33.0 Å². The van der Waals surface area contributed by atoms with Crippen LogP contribution in [0.3, 0.4) is 0 Å². The first-order chi connectivity index (χ1) is 14.5. The second-order valence-corrected chi connectivity index (χ2v) is 9.92. The van der Waals surface area contributed by atoms with Crippen LogP contribution in [0.1, 0.15) is 46.0 Å². The van der Waals surface area contributed by atoms with Crippen molar-refractivity contribution in [3.63, 3.8) is 0 Å². The molecule has 0 saturated carbocycles. The molecule has 4 rings (SSSR count). The number of nitrogens with zero attached hydrogens (tertiary/aromatic N) is 4. The summed E-state index contributed by atoms with van der Waals surface area (Å²) in [7, 11) is 0. The Bertz CT molecular complexity index is 1140. The highest BCUT2D eigenvalue weighted by atomic mass is 32.2. The molecule has 1 aliphatic rings. The van der Waals surface area contributed by atoms with Gasteiger partial charge in [0, 0.05) is 13.1 Å². The number of aromatic nitrogens is 4. The van der Waals surface area contributed by atoms with Gasteiger partial charge in [0.15, 0.2) is 5.16 Å². The predicted octanol–water partition coefficient (Wildman–Crippen LogP) is 3.86. The highest BCUT2D eigenvalue weighted by molar-refractivity contribution is 7.99. The summed E-state index contributed by atoms with van der Waals surface area (Å²) in [6.45, 7) is 5.40. The number of allylic oxidation sites excluding steroid dienone is 1. The summed E-state index contributed by atoms with van der Waals surface area (Å²) < 4.78 is 4.29. The number of carbonyl (C=O) groups is 1. The molecule has 0 aromatic carbocycles. The molecule has 160 valence electrons. The van der Waals surface area contributed by atoms with Gasteiger partial charge in [-0.3, -0.25) is 18.6 Å². The Morgan fingerprint density at radius 2 is 2.20 bits per heavy atom. The molecule has 0 fully saturated rings. The minimum atomic E-state index is -0.0279. The normalized spacial score (nSPS) is 14.6. The minimum Gasteiger partial charge on any atom is -0.355 e. The Morgan fingerprint density at radius 3 is 2.97 bits per heavy atom. The Balaban J connectivity index is 1.48. The van der Waals surface area contributed by atoms with Crippen LogP contribution in [0.25, 0.3) is 16.0 Å². The highest BCUT2D eigenvalue weighted by Crippen LogP contribution is 2.24. The molecule has 30 heavy (non-hydrogen) atoms. The molecule has 0 saturated heterocycles.